The van der Waals surface area contributed by atoms with E-state index in [1.54, 1.807) is 0 Å². The highest BCUT2D eigenvalue weighted by Gasteiger charge is 2.22. The molecule has 2 atom stereocenters. The number of rotatable bonds is 2. The molecule has 88 valence electrons. The average Bonchev–Trinajstić information content (AvgIpc) is 2.24. The SMILES string of the molecule is CC1CC(Nc2cccc(N)n2)CCN1C. The molecule has 1 aromatic heterocycles. The fraction of sp³-hybridized carbons (Fsp3) is 0.583. The van der Waals surface area contributed by atoms with Gasteiger partial charge in [0.25, 0.3) is 0 Å². The van der Waals surface area contributed by atoms with Crippen LogP contribution in [-0.4, -0.2) is 35.6 Å². The van der Waals surface area contributed by atoms with Gasteiger partial charge < -0.3 is 16.0 Å². The second-order valence-corrected chi connectivity index (χ2v) is 4.64. The molecule has 0 aliphatic carbocycles. The summed E-state index contributed by atoms with van der Waals surface area (Å²) in [5.41, 5.74) is 5.65. The second-order valence-electron chi connectivity index (χ2n) is 4.64. The summed E-state index contributed by atoms with van der Waals surface area (Å²) in [6.07, 6.45) is 2.32. The Morgan fingerprint density at radius 3 is 3.00 bits per heavy atom. The van der Waals surface area contributed by atoms with Crippen LogP contribution in [0.15, 0.2) is 18.2 Å². The van der Waals surface area contributed by atoms with Gasteiger partial charge in [0.2, 0.25) is 0 Å². The van der Waals surface area contributed by atoms with Gasteiger partial charge in [-0.25, -0.2) is 4.98 Å². The molecule has 16 heavy (non-hydrogen) atoms. The summed E-state index contributed by atoms with van der Waals surface area (Å²) in [4.78, 5) is 6.66. The van der Waals surface area contributed by atoms with E-state index in [0.717, 1.165) is 25.2 Å². The minimum atomic E-state index is 0.514. The molecule has 2 rings (SSSR count). The van der Waals surface area contributed by atoms with Crippen LogP contribution in [-0.2, 0) is 0 Å². The van der Waals surface area contributed by atoms with E-state index in [9.17, 15) is 0 Å². The zero-order chi connectivity index (χ0) is 11.5. The molecule has 0 aromatic carbocycles. The van der Waals surface area contributed by atoms with E-state index in [1.807, 2.05) is 18.2 Å². The number of nitrogens with two attached hydrogens (primary N) is 1. The number of nitrogens with one attached hydrogen (secondary N) is 1. The van der Waals surface area contributed by atoms with Crippen LogP contribution in [0.2, 0.25) is 0 Å². The Morgan fingerprint density at radius 1 is 1.50 bits per heavy atom. The van der Waals surface area contributed by atoms with Gasteiger partial charge in [-0.2, -0.15) is 0 Å². The molecule has 1 saturated heterocycles. The number of piperidine rings is 1. The van der Waals surface area contributed by atoms with Crippen molar-refractivity contribution in [2.24, 2.45) is 0 Å². The summed E-state index contributed by atoms with van der Waals surface area (Å²) in [7, 11) is 2.18. The summed E-state index contributed by atoms with van der Waals surface area (Å²) in [5.74, 6) is 1.47. The number of nitrogen functional groups attached to an aromatic ring is 1. The van der Waals surface area contributed by atoms with E-state index < -0.39 is 0 Å². The predicted molar refractivity (Wildman–Crippen MR) is 67.4 cm³/mol. The van der Waals surface area contributed by atoms with Crippen molar-refractivity contribution < 1.29 is 0 Å². The maximum Gasteiger partial charge on any atom is 0.128 e. The number of nitrogens with zero attached hydrogens (tertiary/aromatic N) is 2. The molecule has 2 heterocycles. The Kier molecular flexibility index (Phi) is 3.29. The van der Waals surface area contributed by atoms with Crippen LogP contribution in [0.25, 0.3) is 0 Å². The minimum Gasteiger partial charge on any atom is -0.384 e. The molecule has 1 aliphatic heterocycles. The molecule has 0 spiro atoms. The quantitative estimate of drug-likeness (QED) is 0.794. The zero-order valence-corrected chi connectivity index (χ0v) is 9.98. The van der Waals surface area contributed by atoms with E-state index in [4.69, 9.17) is 5.73 Å². The number of likely N-dealkylation sites (tertiary alicyclic amines) is 1. The van der Waals surface area contributed by atoms with Crippen molar-refractivity contribution in [3.05, 3.63) is 18.2 Å². The largest absolute Gasteiger partial charge is 0.384 e. The topological polar surface area (TPSA) is 54.2 Å². The molecule has 0 saturated carbocycles. The van der Waals surface area contributed by atoms with Crippen LogP contribution >= 0.6 is 0 Å². The predicted octanol–water partition coefficient (Wildman–Crippen LogP) is 1.56. The van der Waals surface area contributed by atoms with Crippen LogP contribution < -0.4 is 11.1 Å². The third-order valence-corrected chi connectivity index (χ3v) is 3.33. The lowest BCUT2D eigenvalue weighted by Gasteiger charge is -2.35. The van der Waals surface area contributed by atoms with Crippen molar-refractivity contribution in [2.45, 2.75) is 31.8 Å². The first-order chi connectivity index (χ1) is 7.65. The van der Waals surface area contributed by atoms with Crippen molar-refractivity contribution in [3.63, 3.8) is 0 Å². The second kappa shape index (κ2) is 4.70. The first-order valence-corrected chi connectivity index (χ1v) is 5.84. The standard InChI is InChI=1S/C12H20N4/c1-9-8-10(6-7-16(9)2)14-12-5-3-4-11(13)15-12/h3-5,9-10H,6-8H2,1-2H3,(H3,13,14,15). The molecular formula is C12H20N4. The van der Waals surface area contributed by atoms with E-state index in [2.05, 4.69) is 29.2 Å². The first kappa shape index (κ1) is 11.2. The zero-order valence-electron chi connectivity index (χ0n) is 9.98. The number of aromatic nitrogens is 1. The lowest BCUT2D eigenvalue weighted by molar-refractivity contribution is 0.190. The molecule has 0 amide bonds. The van der Waals surface area contributed by atoms with Crippen LogP contribution in [0, 0.1) is 0 Å². The van der Waals surface area contributed by atoms with E-state index in [-0.39, 0.29) is 0 Å². The van der Waals surface area contributed by atoms with Crippen molar-refractivity contribution >= 4 is 11.6 Å². The fourth-order valence-electron chi connectivity index (χ4n) is 2.16. The Balaban J connectivity index is 1.95. The Hall–Kier alpha value is -1.29. The van der Waals surface area contributed by atoms with Crippen molar-refractivity contribution in [1.82, 2.24) is 9.88 Å². The Labute approximate surface area is 96.8 Å². The molecule has 4 heteroatoms. The maximum atomic E-state index is 5.65. The summed E-state index contributed by atoms with van der Waals surface area (Å²) >= 11 is 0. The molecular weight excluding hydrogens is 200 g/mol. The summed E-state index contributed by atoms with van der Waals surface area (Å²) in [6, 6.07) is 6.86. The lowest BCUT2D eigenvalue weighted by Crippen LogP contribution is -2.42. The lowest BCUT2D eigenvalue weighted by atomic mass is 9.99. The van der Waals surface area contributed by atoms with Crippen LogP contribution in [0.3, 0.4) is 0 Å². The third-order valence-electron chi connectivity index (χ3n) is 3.33. The van der Waals surface area contributed by atoms with Gasteiger partial charge in [0.1, 0.15) is 11.6 Å². The number of hydrogen-bond acceptors (Lipinski definition) is 4. The van der Waals surface area contributed by atoms with Crippen molar-refractivity contribution in [1.29, 1.82) is 0 Å². The number of hydrogen-bond donors (Lipinski definition) is 2. The fourth-order valence-corrected chi connectivity index (χ4v) is 2.16. The number of pyridine rings is 1. The molecule has 4 nitrogen and oxygen atoms in total. The van der Waals surface area contributed by atoms with Gasteiger partial charge in [-0.05, 0) is 38.9 Å². The van der Waals surface area contributed by atoms with E-state index >= 15 is 0 Å². The Bertz CT molecular complexity index is 353. The summed E-state index contributed by atoms with van der Waals surface area (Å²) in [5, 5.41) is 3.45. The summed E-state index contributed by atoms with van der Waals surface area (Å²) < 4.78 is 0. The van der Waals surface area contributed by atoms with Gasteiger partial charge in [0, 0.05) is 18.6 Å². The molecule has 0 radical (unpaired) electrons. The number of anilines is 2. The third kappa shape index (κ3) is 2.64. The van der Waals surface area contributed by atoms with Gasteiger partial charge >= 0.3 is 0 Å². The van der Waals surface area contributed by atoms with Gasteiger partial charge in [-0.1, -0.05) is 6.07 Å². The van der Waals surface area contributed by atoms with Gasteiger partial charge in [0.15, 0.2) is 0 Å². The van der Waals surface area contributed by atoms with Gasteiger partial charge in [0.05, 0.1) is 0 Å². The van der Waals surface area contributed by atoms with Crippen LogP contribution in [0.1, 0.15) is 19.8 Å². The highest BCUT2D eigenvalue weighted by molar-refractivity contribution is 5.42. The van der Waals surface area contributed by atoms with Crippen LogP contribution in [0.5, 0.6) is 0 Å². The molecule has 1 aliphatic rings. The normalized spacial score (nSPS) is 26.6. The minimum absolute atomic E-state index is 0.514. The smallest absolute Gasteiger partial charge is 0.128 e. The van der Waals surface area contributed by atoms with E-state index in [1.165, 1.54) is 0 Å². The molecule has 3 N–H and O–H groups in total. The molecule has 1 aromatic rings. The monoisotopic (exact) mass is 220 g/mol. The first-order valence-electron chi connectivity index (χ1n) is 5.84. The maximum absolute atomic E-state index is 5.65. The van der Waals surface area contributed by atoms with Gasteiger partial charge in [-0.15, -0.1) is 0 Å². The molecule has 2 unspecified atom stereocenters. The van der Waals surface area contributed by atoms with Crippen molar-refractivity contribution in [3.8, 4) is 0 Å². The highest BCUT2D eigenvalue weighted by atomic mass is 15.2. The molecule has 0 bridgehead atoms. The average molecular weight is 220 g/mol. The Morgan fingerprint density at radius 2 is 2.31 bits per heavy atom. The van der Waals surface area contributed by atoms with Gasteiger partial charge in [-0.3, -0.25) is 0 Å². The van der Waals surface area contributed by atoms with Crippen LogP contribution in [0.4, 0.5) is 11.6 Å². The molecule has 1 fully saturated rings. The summed E-state index contributed by atoms with van der Waals surface area (Å²) in [6.45, 7) is 3.40. The van der Waals surface area contributed by atoms with E-state index in [0.29, 0.717) is 17.9 Å². The highest BCUT2D eigenvalue weighted by Crippen LogP contribution is 2.19. The van der Waals surface area contributed by atoms with Crippen molar-refractivity contribution in [2.75, 3.05) is 24.6 Å².